The highest BCUT2D eigenvalue weighted by Crippen LogP contribution is 2.19. The van der Waals surface area contributed by atoms with Gasteiger partial charge in [0.15, 0.2) is 0 Å². The Morgan fingerprint density at radius 3 is 2.35 bits per heavy atom. The number of nitrogen functional groups attached to an aromatic ring is 1. The van der Waals surface area contributed by atoms with Crippen molar-refractivity contribution in [1.82, 2.24) is 4.57 Å². The first kappa shape index (κ1) is 10.8. The standard InChI is InChI=1S/C13H10N4/c14-6-11-9-17(13(16)12(11)7-15)8-10-4-2-1-3-5-10/h1-5,9H,8,16H2/i14+1. The third kappa shape index (κ3) is 1.97. The van der Waals surface area contributed by atoms with Crippen LogP contribution < -0.4 is 5.73 Å². The lowest BCUT2D eigenvalue weighted by Crippen LogP contribution is -2.03. The molecule has 0 aliphatic heterocycles. The zero-order valence-electron chi connectivity index (χ0n) is 9.09. The molecule has 1 heterocycles. The molecule has 4 heteroatoms. The SMILES string of the molecule is N#Cc1c(C#[15N])cn(Cc2ccccc2)c1N. The van der Waals surface area contributed by atoms with E-state index in [1.165, 1.54) is 0 Å². The fraction of sp³-hybridized carbons (Fsp3) is 0.0769. The minimum Gasteiger partial charge on any atom is -0.384 e. The molecule has 0 saturated carbocycles. The van der Waals surface area contributed by atoms with E-state index in [4.69, 9.17) is 16.3 Å². The van der Waals surface area contributed by atoms with Crippen LogP contribution >= 0.6 is 0 Å². The van der Waals surface area contributed by atoms with Crippen LogP contribution in [-0.2, 0) is 6.54 Å². The number of nitriles is 2. The van der Waals surface area contributed by atoms with Crippen molar-refractivity contribution < 1.29 is 0 Å². The average Bonchev–Trinajstić information content (AvgIpc) is 2.67. The molecule has 0 spiro atoms. The van der Waals surface area contributed by atoms with E-state index in [1.807, 2.05) is 42.5 Å². The van der Waals surface area contributed by atoms with Gasteiger partial charge in [-0.2, -0.15) is 10.5 Å². The molecular weight excluding hydrogens is 213 g/mol. The molecule has 4 nitrogen and oxygen atoms in total. The van der Waals surface area contributed by atoms with Crippen molar-refractivity contribution >= 4 is 5.82 Å². The summed E-state index contributed by atoms with van der Waals surface area (Å²) >= 11 is 0. The predicted molar refractivity (Wildman–Crippen MR) is 63.8 cm³/mol. The first-order chi connectivity index (χ1) is 8.26. The van der Waals surface area contributed by atoms with Gasteiger partial charge in [-0.25, -0.2) is 0 Å². The Morgan fingerprint density at radius 2 is 1.82 bits per heavy atom. The molecule has 2 aromatic rings. The van der Waals surface area contributed by atoms with Crippen molar-refractivity contribution in [2.45, 2.75) is 6.54 Å². The van der Waals surface area contributed by atoms with Crippen molar-refractivity contribution in [3.8, 4) is 12.1 Å². The summed E-state index contributed by atoms with van der Waals surface area (Å²) in [6.07, 6.45) is 1.61. The molecule has 1 aromatic heterocycles. The Hall–Kier alpha value is -2.72. The van der Waals surface area contributed by atoms with Crippen LogP contribution in [0.4, 0.5) is 5.82 Å². The van der Waals surface area contributed by atoms with Crippen molar-refractivity contribution in [2.24, 2.45) is 0 Å². The van der Waals surface area contributed by atoms with Crippen LogP contribution in [0.5, 0.6) is 0 Å². The largest absolute Gasteiger partial charge is 0.384 e. The summed E-state index contributed by atoms with van der Waals surface area (Å²) < 4.78 is 1.71. The number of nitrogens with zero attached hydrogens (tertiary/aromatic N) is 3. The van der Waals surface area contributed by atoms with Gasteiger partial charge >= 0.3 is 0 Å². The molecule has 0 atom stereocenters. The maximum absolute atomic E-state index is 8.92. The fourth-order valence-corrected chi connectivity index (χ4v) is 1.68. The Balaban J connectivity index is 2.39. The molecule has 0 bridgehead atoms. The summed E-state index contributed by atoms with van der Waals surface area (Å²) in [6, 6.07) is 13.7. The van der Waals surface area contributed by atoms with Gasteiger partial charge in [-0.1, -0.05) is 30.3 Å². The van der Waals surface area contributed by atoms with Crippen LogP contribution in [0.2, 0.25) is 0 Å². The van der Waals surface area contributed by atoms with E-state index < -0.39 is 0 Å². The number of hydrogen-bond donors (Lipinski definition) is 1. The normalized spacial score (nSPS) is 9.53. The molecule has 17 heavy (non-hydrogen) atoms. The summed E-state index contributed by atoms with van der Waals surface area (Å²) in [4.78, 5) is 0. The lowest BCUT2D eigenvalue weighted by Gasteiger charge is -2.05. The molecule has 2 rings (SSSR count). The Kier molecular flexibility index (Phi) is 2.81. The van der Waals surface area contributed by atoms with Crippen molar-refractivity contribution in [3.63, 3.8) is 0 Å². The van der Waals surface area contributed by atoms with Gasteiger partial charge in [-0.05, 0) is 5.56 Å². The molecule has 82 valence electrons. The number of aromatic nitrogens is 1. The minimum atomic E-state index is 0.253. The molecule has 1 aromatic carbocycles. The quantitative estimate of drug-likeness (QED) is 0.789. The van der Waals surface area contributed by atoms with Crippen LogP contribution in [0.15, 0.2) is 36.5 Å². The third-order valence-corrected chi connectivity index (χ3v) is 2.55. The van der Waals surface area contributed by atoms with Gasteiger partial charge < -0.3 is 10.3 Å². The number of benzene rings is 1. The molecule has 0 unspecified atom stereocenters. The maximum atomic E-state index is 8.92. The van der Waals surface area contributed by atoms with E-state index in [2.05, 4.69) is 0 Å². The summed E-state index contributed by atoms with van der Waals surface area (Å²) in [5, 5.41) is 17.8. The predicted octanol–water partition coefficient (Wildman–Crippen LogP) is 1.86. The minimum absolute atomic E-state index is 0.253. The summed E-state index contributed by atoms with van der Waals surface area (Å²) in [6.45, 7) is 0.559. The van der Waals surface area contributed by atoms with Crippen LogP contribution in [-0.4, -0.2) is 4.57 Å². The van der Waals surface area contributed by atoms with Crippen LogP contribution in [0.3, 0.4) is 0 Å². The second-order valence-electron chi connectivity index (χ2n) is 3.64. The zero-order valence-corrected chi connectivity index (χ0v) is 9.09. The van der Waals surface area contributed by atoms with Gasteiger partial charge in [-0.15, -0.1) is 0 Å². The number of rotatable bonds is 2. The Bertz CT molecular complexity index is 611. The van der Waals surface area contributed by atoms with E-state index in [-0.39, 0.29) is 5.56 Å². The summed E-state index contributed by atoms with van der Waals surface area (Å²) in [7, 11) is 0. The van der Waals surface area contributed by atoms with Gasteiger partial charge in [0.25, 0.3) is 0 Å². The van der Waals surface area contributed by atoms with Crippen LogP contribution in [0.1, 0.15) is 16.7 Å². The maximum Gasteiger partial charge on any atom is 0.123 e. The smallest absolute Gasteiger partial charge is 0.123 e. The monoisotopic (exact) mass is 223 g/mol. The van der Waals surface area contributed by atoms with Gasteiger partial charge in [0, 0.05) is 12.7 Å². The molecule has 0 fully saturated rings. The lowest BCUT2D eigenvalue weighted by molar-refractivity contribution is 0.816. The van der Waals surface area contributed by atoms with Gasteiger partial charge in [0.1, 0.15) is 23.5 Å². The molecule has 0 amide bonds. The van der Waals surface area contributed by atoms with Gasteiger partial charge in [-0.3, -0.25) is 0 Å². The van der Waals surface area contributed by atoms with E-state index in [0.717, 1.165) is 5.56 Å². The first-order valence-corrected chi connectivity index (χ1v) is 5.09. The molecule has 0 saturated heterocycles. The number of nitrogens with two attached hydrogens (primary N) is 1. The van der Waals surface area contributed by atoms with E-state index in [0.29, 0.717) is 17.9 Å². The molecule has 0 aliphatic carbocycles. The summed E-state index contributed by atoms with van der Waals surface area (Å²) in [5.41, 5.74) is 7.47. The van der Waals surface area contributed by atoms with E-state index >= 15 is 0 Å². The topological polar surface area (TPSA) is 78.5 Å². The van der Waals surface area contributed by atoms with Crippen molar-refractivity contribution in [1.29, 1.82) is 10.5 Å². The molecular formula is C13H10N4. The average molecular weight is 223 g/mol. The molecule has 0 aliphatic rings. The highest BCUT2D eigenvalue weighted by molar-refractivity contribution is 5.59. The highest BCUT2D eigenvalue weighted by Gasteiger charge is 2.12. The fourth-order valence-electron chi connectivity index (χ4n) is 1.68. The summed E-state index contributed by atoms with van der Waals surface area (Å²) in [5.74, 6) is 0.341. The van der Waals surface area contributed by atoms with Crippen LogP contribution in [0, 0.1) is 22.7 Å². The Morgan fingerprint density at radius 1 is 1.12 bits per heavy atom. The van der Waals surface area contributed by atoms with E-state index in [1.54, 1.807) is 10.8 Å². The second-order valence-corrected chi connectivity index (χ2v) is 3.64. The van der Waals surface area contributed by atoms with Gasteiger partial charge in [0.05, 0.1) is 5.56 Å². The van der Waals surface area contributed by atoms with Crippen molar-refractivity contribution in [3.05, 3.63) is 53.2 Å². The number of anilines is 1. The lowest BCUT2D eigenvalue weighted by atomic mass is 10.2. The van der Waals surface area contributed by atoms with Crippen molar-refractivity contribution in [2.75, 3.05) is 5.73 Å². The Labute approximate surface area is 99.1 Å². The van der Waals surface area contributed by atoms with Gasteiger partial charge in [0.2, 0.25) is 0 Å². The highest BCUT2D eigenvalue weighted by atomic mass is 15.1. The second kappa shape index (κ2) is 4.42. The zero-order chi connectivity index (χ0) is 12.3. The molecule has 2 N–H and O–H groups in total. The number of hydrogen-bond acceptors (Lipinski definition) is 3. The van der Waals surface area contributed by atoms with Crippen LogP contribution in [0.25, 0.3) is 0 Å². The van der Waals surface area contributed by atoms with E-state index in [9.17, 15) is 0 Å². The molecule has 0 radical (unpaired) electrons. The first-order valence-electron chi connectivity index (χ1n) is 5.09. The third-order valence-electron chi connectivity index (χ3n) is 2.55.